The highest BCUT2D eigenvalue weighted by molar-refractivity contribution is 5.99. The average molecular weight is 204 g/mol. The lowest BCUT2D eigenvalue weighted by Gasteiger charge is -2.48. The Balaban J connectivity index is 2.83. The van der Waals surface area contributed by atoms with Crippen LogP contribution in [0.1, 0.15) is 12.8 Å². The van der Waals surface area contributed by atoms with Crippen LogP contribution >= 0.6 is 0 Å². The van der Waals surface area contributed by atoms with Gasteiger partial charge in [0.05, 0.1) is 0 Å². The van der Waals surface area contributed by atoms with Crippen LogP contribution < -0.4 is 0 Å². The van der Waals surface area contributed by atoms with Crippen LogP contribution in [0.15, 0.2) is 0 Å². The number of rotatable bonds is 4. The van der Waals surface area contributed by atoms with Crippen LogP contribution in [0.2, 0.25) is 0 Å². The maximum Gasteiger partial charge on any atom is 0.321 e. The highest BCUT2D eigenvalue weighted by Gasteiger charge is 2.65. The maximum atomic E-state index is 10.8. The SMILES string of the molecule is COC1(OC)CC(C(=O)O)(C(=O)O)C1. The fourth-order valence-electron chi connectivity index (χ4n) is 1.63. The van der Waals surface area contributed by atoms with Gasteiger partial charge < -0.3 is 19.7 Å². The maximum absolute atomic E-state index is 10.8. The molecule has 0 aromatic rings. The minimum absolute atomic E-state index is 0.169. The van der Waals surface area contributed by atoms with E-state index in [2.05, 4.69) is 0 Å². The molecule has 2 N–H and O–H groups in total. The van der Waals surface area contributed by atoms with Gasteiger partial charge in [-0.3, -0.25) is 9.59 Å². The van der Waals surface area contributed by atoms with Crippen LogP contribution in [0.5, 0.6) is 0 Å². The third-order valence-electron chi connectivity index (χ3n) is 2.71. The topological polar surface area (TPSA) is 93.1 Å². The molecule has 1 aliphatic rings. The second kappa shape index (κ2) is 3.21. The first-order chi connectivity index (χ1) is 6.42. The fourth-order valence-corrected chi connectivity index (χ4v) is 1.63. The zero-order valence-corrected chi connectivity index (χ0v) is 7.94. The smallest absolute Gasteiger partial charge is 0.321 e. The molecule has 14 heavy (non-hydrogen) atoms. The van der Waals surface area contributed by atoms with Crippen molar-refractivity contribution in [2.45, 2.75) is 18.6 Å². The lowest BCUT2D eigenvalue weighted by atomic mass is 9.64. The normalized spacial score (nSPS) is 22.4. The van der Waals surface area contributed by atoms with Gasteiger partial charge in [0.1, 0.15) is 0 Å². The summed E-state index contributed by atoms with van der Waals surface area (Å²) in [7, 11) is 2.72. The van der Waals surface area contributed by atoms with E-state index in [0.717, 1.165) is 0 Å². The van der Waals surface area contributed by atoms with Crippen molar-refractivity contribution in [3.63, 3.8) is 0 Å². The number of carboxylic acids is 2. The summed E-state index contributed by atoms with van der Waals surface area (Å²) in [5, 5.41) is 17.6. The predicted octanol–water partition coefficient (Wildman–Crippen LogP) is -0.0751. The van der Waals surface area contributed by atoms with Crippen LogP contribution in [0.25, 0.3) is 0 Å². The standard InChI is InChI=1S/C8H12O6/c1-13-8(14-2)3-7(4-8,5(9)10)6(11)12/h3-4H2,1-2H3,(H,9,10)(H,11,12). The van der Waals surface area contributed by atoms with E-state index in [1.807, 2.05) is 0 Å². The van der Waals surface area contributed by atoms with E-state index in [1.54, 1.807) is 0 Å². The number of carboxylic acid groups (broad SMARTS) is 2. The zero-order chi connectivity index (χ0) is 11.0. The number of ether oxygens (including phenoxy) is 2. The van der Waals surface area contributed by atoms with Gasteiger partial charge >= 0.3 is 11.9 Å². The van der Waals surface area contributed by atoms with Crippen molar-refractivity contribution in [2.75, 3.05) is 14.2 Å². The molecule has 1 saturated carbocycles. The van der Waals surface area contributed by atoms with Crippen LogP contribution in [-0.2, 0) is 19.1 Å². The lowest BCUT2D eigenvalue weighted by Crippen LogP contribution is -2.61. The highest BCUT2D eigenvalue weighted by atomic mass is 16.7. The van der Waals surface area contributed by atoms with Crippen molar-refractivity contribution in [1.82, 2.24) is 0 Å². The van der Waals surface area contributed by atoms with E-state index in [0.29, 0.717) is 0 Å². The molecular weight excluding hydrogens is 192 g/mol. The molecule has 0 aromatic heterocycles. The summed E-state index contributed by atoms with van der Waals surface area (Å²) in [4.78, 5) is 21.5. The van der Waals surface area contributed by atoms with Crippen molar-refractivity contribution < 1.29 is 29.3 Å². The highest BCUT2D eigenvalue weighted by Crippen LogP contribution is 2.51. The Morgan fingerprint density at radius 1 is 1.07 bits per heavy atom. The quantitative estimate of drug-likeness (QED) is 0.491. The molecule has 0 atom stereocenters. The van der Waals surface area contributed by atoms with Crippen molar-refractivity contribution in [3.05, 3.63) is 0 Å². The molecule has 0 radical (unpaired) electrons. The van der Waals surface area contributed by atoms with E-state index >= 15 is 0 Å². The molecule has 1 fully saturated rings. The lowest BCUT2D eigenvalue weighted by molar-refractivity contribution is -0.292. The summed E-state index contributed by atoms with van der Waals surface area (Å²) in [6, 6.07) is 0. The van der Waals surface area contributed by atoms with E-state index in [1.165, 1.54) is 14.2 Å². The molecule has 0 unspecified atom stereocenters. The predicted molar refractivity (Wildman–Crippen MR) is 43.7 cm³/mol. The molecule has 6 nitrogen and oxygen atoms in total. The Morgan fingerprint density at radius 2 is 1.43 bits per heavy atom. The molecule has 0 aromatic carbocycles. The van der Waals surface area contributed by atoms with Crippen molar-refractivity contribution in [2.24, 2.45) is 5.41 Å². The van der Waals surface area contributed by atoms with Crippen molar-refractivity contribution in [3.8, 4) is 0 Å². The Hall–Kier alpha value is -1.14. The average Bonchev–Trinajstić information content (AvgIpc) is 2.03. The third kappa shape index (κ3) is 1.27. The van der Waals surface area contributed by atoms with Gasteiger partial charge in [0.15, 0.2) is 11.2 Å². The number of hydrogen-bond acceptors (Lipinski definition) is 4. The van der Waals surface area contributed by atoms with Gasteiger partial charge in [-0.15, -0.1) is 0 Å². The zero-order valence-electron chi connectivity index (χ0n) is 7.94. The van der Waals surface area contributed by atoms with Crippen LogP contribution in [0.3, 0.4) is 0 Å². The summed E-state index contributed by atoms with van der Waals surface area (Å²) in [6.45, 7) is 0. The molecular formula is C8H12O6. The Kier molecular flexibility index (Phi) is 2.51. The van der Waals surface area contributed by atoms with Gasteiger partial charge in [0.2, 0.25) is 0 Å². The molecule has 1 aliphatic carbocycles. The number of methoxy groups -OCH3 is 2. The first-order valence-corrected chi connectivity index (χ1v) is 3.99. The van der Waals surface area contributed by atoms with Crippen molar-refractivity contribution >= 4 is 11.9 Å². The Morgan fingerprint density at radius 3 is 1.64 bits per heavy atom. The van der Waals surface area contributed by atoms with Crippen LogP contribution in [-0.4, -0.2) is 42.2 Å². The van der Waals surface area contributed by atoms with Gasteiger partial charge in [-0.2, -0.15) is 0 Å². The Labute approximate surface area is 80.4 Å². The molecule has 0 saturated heterocycles. The van der Waals surface area contributed by atoms with E-state index in [-0.39, 0.29) is 12.8 Å². The summed E-state index contributed by atoms with van der Waals surface area (Å²) in [6.07, 6.45) is -0.338. The third-order valence-corrected chi connectivity index (χ3v) is 2.71. The van der Waals surface area contributed by atoms with E-state index in [4.69, 9.17) is 19.7 Å². The molecule has 6 heteroatoms. The molecule has 0 spiro atoms. The summed E-state index contributed by atoms with van der Waals surface area (Å²) in [5.41, 5.74) is -1.76. The summed E-state index contributed by atoms with van der Waals surface area (Å²) < 4.78 is 9.86. The van der Waals surface area contributed by atoms with Gasteiger partial charge in [0, 0.05) is 27.1 Å². The molecule has 80 valence electrons. The van der Waals surface area contributed by atoms with E-state index < -0.39 is 23.1 Å². The van der Waals surface area contributed by atoms with Crippen molar-refractivity contribution in [1.29, 1.82) is 0 Å². The fraction of sp³-hybridized carbons (Fsp3) is 0.750. The minimum atomic E-state index is -1.76. The second-order valence-corrected chi connectivity index (χ2v) is 3.36. The first-order valence-electron chi connectivity index (χ1n) is 3.99. The van der Waals surface area contributed by atoms with Gasteiger partial charge in [-0.25, -0.2) is 0 Å². The number of hydrogen-bond donors (Lipinski definition) is 2. The molecule has 1 rings (SSSR count). The summed E-state index contributed by atoms with van der Waals surface area (Å²) in [5.74, 6) is -3.76. The summed E-state index contributed by atoms with van der Waals surface area (Å²) >= 11 is 0. The van der Waals surface area contributed by atoms with Crippen LogP contribution in [0.4, 0.5) is 0 Å². The molecule has 0 amide bonds. The number of aliphatic carboxylic acids is 2. The molecule has 0 bridgehead atoms. The Bertz CT molecular complexity index is 243. The second-order valence-electron chi connectivity index (χ2n) is 3.36. The van der Waals surface area contributed by atoms with E-state index in [9.17, 15) is 9.59 Å². The largest absolute Gasteiger partial charge is 0.480 e. The molecule has 0 aliphatic heterocycles. The van der Waals surface area contributed by atoms with Crippen LogP contribution in [0, 0.1) is 5.41 Å². The van der Waals surface area contributed by atoms with Gasteiger partial charge in [0.25, 0.3) is 0 Å². The van der Waals surface area contributed by atoms with Gasteiger partial charge in [-0.05, 0) is 0 Å². The monoisotopic (exact) mass is 204 g/mol. The minimum Gasteiger partial charge on any atom is -0.480 e. The first kappa shape index (κ1) is 10.9. The number of carbonyl (C=O) groups is 2. The van der Waals surface area contributed by atoms with Gasteiger partial charge in [-0.1, -0.05) is 0 Å². The molecule has 0 heterocycles.